The van der Waals surface area contributed by atoms with Gasteiger partial charge in [0.2, 0.25) is 0 Å². The average Bonchev–Trinajstić information content (AvgIpc) is 1.38. The fourth-order valence-corrected chi connectivity index (χ4v) is 0. The Bertz CT molecular complexity index is 20.9. The van der Waals surface area contributed by atoms with Gasteiger partial charge in [-0.2, -0.15) is 0 Å². The van der Waals surface area contributed by atoms with Crippen LogP contribution in [-0.4, -0.2) is 12.8 Å². The second kappa shape index (κ2) is 2.15. The van der Waals surface area contributed by atoms with Crippen molar-refractivity contribution < 1.29 is 9.50 Å². The summed E-state index contributed by atoms with van der Waals surface area (Å²) in [6, 6.07) is 0. The molecule has 0 aliphatic rings. The van der Waals surface area contributed by atoms with Gasteiger partial charge in [0.25, 0.3) is 0 Å². The van der Waals surface area contributed by atoms with Crippen LogP contribution in [0.1, 0.15) is 6.92 Å². The molecular formula is C3H6FO. The van der Waals surface area contributed by atoms with Crippen molar-refractivity contribution in [2.24, 2.45) is 0 Å². The fraction of sp³-hybridized carbons (Fsp3) is 1.00. The third-order valence-corrected chi connectivity index (χ3v) is 0.217. The van der Waals surface area contributed by atoms with Crippen LogP contribution in [0.2, 0.25) is 0 Å². The minimum absolute atomic E-state index is 0.750. The molecule has 1 atom stereocenters. The molecule has 0 bridgehead atoms. The molecule has 0 saturated carbocycles. The Hall–Kier alpha value is -0.110. The highest BCUT2D eigenvalue weighted by Gasteiger charge is 1.89. The summed E-state index contributed by atoms with van der Waals surface area (Å²) in [5, 5.41) is 9.52. The third-order valence-electron chi connectivity index (χ3n) is 0.217. The van der Waals surface area contributed by atoms with E-state index in [1.54, 1.807) is 0 Å². The van der Waals surface area contributed by atoms with Gasteiger partial charge in [0.05, 0.1) is 0 Å². The summed E-state index contributed by atoms with van der Waals surface area (Å²) < 4.78 is 10.8. The van der Waals surface area contributed by atoms with Crippen LogP contribution in [0.4, 0.5) is 4.39 Å². The van der Waals surface area contributed by atoms with E-state index in [0.717, 1.165) is 0 Å². The van der Waals surface area contributed by atoms with Crippen molar-refractivity contribution in [3.8, 4) is 0 Å². The maximum atomic E-state index is 10.8. The molecule has 0 aromatic rings. The summed E-state index contributed by atoms with van der Waals surface area (Å²) in [5.41, 5.74) is 0. The van der Waals surface area contributed by atoms with Gasteiger partial charge in [0.1, 0.15) is 12.8 Å². The standard InChI is InChI=1S/C3H6FO/c1-3(5)2-4/h3H,2H2,1H3. The number of alkyl halides is 1. The van der Waals surface area contributed by atoms with Crippen molar-refractivity contribution in [2.45, 2.75) is 13.0 Å². The first-order valence-electron chi connectivity index (χ1n) is 1.49. The van der Waals surface area contributed by atoms with Gasteiger partial charge in [-0.3, -0.25) is 0 Å². The van der Waals surface area contributed by atoms with E-state index in [4.69, 9.17) is 0 Å². The summed E-state index contributed by atoms with van der Waals surface area (Å²) in [5.74, 6) is 0. The van der Waals surface area contributed by atoms with E-state index in [1.807, 2.05) is 0 Å². The number of hydrogen-bond acceptors (Lipinski definition) is 0. The molecule has 0 aromatic carbocycles. The van der Waals surface area contributed by atoms with Crippen molar-refractivity contribution >= 4 is 0 Å². The SMILES string of the molecule is CC([O])CF. The summed E-state index contributed by atoms with van der Waals surface area (Å²) in [6.45, 7) is 0.542. The minimum atomic E-state index is -1.03. The predicted octanol–water partition coefficient (Wildman–Crippen LogP) is 0.775. The Morgan fingerprint density at radius 2 is 2.20 bits per heavy atom. The first-order chi connectivity index (χ1) is 2.27. The van der Waals surface area contributed by atoms with Gasteiger partial charge in [-0.05, 0) is 6.92 Å². The number of rotatable bonds is 1. The molecule has 1 unspecified atom stereocenters. The van der Waals surface area contributed by atoms with Crippen LogP contribution in [0.3, 0.4) is 0 Å². The summed E-state index contributed by atoms with van der Waals surface area (Å²) in [7, 11) is 0. The summed E-state index contributed by atoms with van der Waals surface area (Å²) in [4.78, 5) is 0. The summed E-state index contributed by atoms with van der Waals surface area (Å²) >= 11 is 0. The zero-order valence-corrected chi connectivity index (χ0v) is 3.07. The first kappa shape index (κ1) is 4.89. The van der Waals surface area contributed by atoms with Crippen LogP contribution < -0.4 is 0 Å². The monoisotopic (exact) mass is 77.0 g/mol. The summed E-state index contributed by atoms with van der Waals surface area (Å²) in [6.07, 6.45) is -1.03. The van der Waals surface area contributed by atoms with Gasteiger partial charge in [0, 0.05) is 0 Å². The molecule has 0 aliphatic carbocycles. The zero-order valence-electron chi connectivity index (χ0n) is 3.07. The molecular weight excluding hydrogens is 71.0 g/mol. The Kier molecular flexibility index (Phi) is 2.10. The van der Waals surface area contributed by atoms with Crippen LogP contribution in [0.25, 0.3) is 0 Å². The Balaban J connectivity index is 2.54. The minimum Gasteiger partial charge on any atom is -0.248 e. The Labute approximate surface area is 30.4 Å². The average molecular weight is 77.1 g/mol. The van der Waals surface area contributed by atoms with Gasteiger partial charge in [-0.25, -0.2) is 9.50 Å². The van der Waals surface area contributed by atoms with Crippen LogP contribution in [0.15, 0.2) is 0 Å². The molecule has 1 nitrogen and oxygen atoms in total. The van der Waals surface area contributed by atoms with E-state index >= 15 is 0 Å². The normalized spacial score (nSPS) is 15.0. The highest BCUT2D eigenvalue weighted by atomic mass is 19.1. The molecule has 31 valence electrons. The molecule has 0 saturated heterocycles. The van der Waals surface area contributed by atoms with Gasteiger partial charge >= 0.3 is 0 Å². The lowest BCUT2D eigenvalue weighted by atomic mass is 10.5. The molecule has 0 spiro atoms. The second-order valence-electron chi connectivity index (χ2n) is 0.965. The number of halogens is 1. The Morgan fingerprint density at radius 3 is 2.20 bits per heavy atom. The number of hydrogen-bond donors (Lipinski definition) is 0. The molecule has 0 heterocycles. The molecule has 0 amide bonds. The van der Waals surface area contributed by atoms with E-state index in [2.05, 4.69) is 0 Å². The van der Waals surface area contributed by atoms with Crippen LogP contribution in [0.5, 0.6) is 0 Å². The highest BCUT2D eigenvalue weighted by molar-refractivity contribution is 4.34. The van der Waals surface area contributed by atoms with Crippen molar-refractivity contribution in [1.82, 2.24) is 0 Å². The molecule has 1 radical (unpaired) electrons. The lowest BCUT2D eigenvalue weighted by Gasteiger charge is -1.83. The van der Waals surface area contributed by atoms with Crippen molar-refractivity contribution in [1.29, 1.82) is 0 Å². The van der Waals surface area contributed by atoms with Crippen molar-refractivity contribution in [3.05, 3.63) is 0 Å². The maximum Gasteiger partial charge on any atom is 0.118 e. The van der Waals surface area contributed by atoms with Gasteiger partial charge in [-0.1, -0.05) is 0 Å². The van der Waals surface area contributed by atoms with Crippen molar-refractivity contribution in [3.63, 3.8) is 0 Å². The van der Waals surface area contributed by atoms with Gasteiger partial charge in [0.15, 0.2) is 0 Å². The fourth-order valence-electron chi connectivity index (χ4n) is 0. The first-order valence-corrected chi connectivity index (χ1v) is 1.49. The third kappa shape index (κ3) is 3.89. The lowest BCUT2D eigenvalue weighted by Crippen LogP contribution is -1.96. The van der Waals surface area contributed by atoms with Crippen LogP contribution in [0, 0.1) is 0 Å². The van der Waals surface area contributed by atoms with Crippen molar-refractivity contribution in [2.75, 3.05) is 6.67 Å². The molecule has 2 heteroatoms. The molecule has 0 aromatic heterocycles. The lowest BCUT2D eigenvalue weighted by molar-refractivity contribution is 0.0809. The van der Waals surface area contributed by atoms with Crippen LogP contribution >= 0.6 is 0 Å². The van der Waals surface area contributed by atoms with Gasteiger partial charge < -0.3 is 0 Å². The molecule has 0 N–H and O–H groups in total. The van der Waals surface area contributed by atoms with E-state index in [-0.39, 0.29) is 0 Å². The Morgan fingerprint density at radius 1 is 2.00 bits per heavy atom. The van der Waals surface area contributed by atoms with Crippen LogP contribution in [-0.2, 0) is 5.11 Å². The van der Waals surface area contributed by atoms with E-state index in [1.165, 1.54) is 6.92 Å². The molecule has 5 heavy (non-hydrogen) atoms. The van der Waals surface area contributed by atoms with E-state index in [0.29, 0.717) is 0 Å². The largest absolute Gasteiger partial charge is 0.248 e. The maximum absolute atomic E-state index is 10.8. The second-order valence-corrected chi connectivity index (χ2v) is 0.965. The van der Waals surface area contributed by atoms with Gasteiger partial charge in [-0.15, -0.1) is 0 Å². The highest BCUT2D eigenvalue weighted by Crippen LogP contribution is 1.76. The smallest absolute Gasteiger partial charge is 0.118 e. The quantitative estimate of drug-likeness (QED) is 0.440. The zero-order chi connectivity index (χ0) is 4.28. The predicted molar refractivity (Wildman–Crippen MR) is 16.1 cm³/mol. The molecule has 0 rings (SSSR count). The van der Waals surface area contributed by atoms with E-state index in [9.17, 15) is 9.50 Å². The molecule has 0 aliphatic heterocycles. The van der Waals surface area contributed by atoms with E-state index < -0.39 is 12.8 Å². The molecule has 0 fully saturated rings. The topological polar surface area (TPSA) is 19.9 Å².